The van der Waals surface area contributed by atoms with Crippen molar-refractivity contribution in [2.75, 3.05) is 0 Å². The minimum Gasteiger partial charge on any atom is -0.306 e. The van der Waals surface area contributed by atoms with E-state index >= 15 is 0 Å². The monoisotopic (exact) mass is 202 g/mol. The van der Waals surface area contributed by atoms with E-state index in [9.17, 15) is 4.79 Å². The molecule has 0 saturated heterocycles. The van der Waals surface area contributed by atoms with Crippen LogP contribution in [0.25, 0.3) is 0 Å². The maximum atomic E-state index is 11.6. The molecule has 1 atom stereocenters. The number of carbonyl (C=O) groups excluding carboxylic acids is 1. The van der Waals surface area contributed by atoms with Gasteiger partial charge in [-0.2, -0.15) is 0 Å². The van der Waals surface area contributed by atoms with Gasteiger partial charge in [0.2, 0.25) is 5.91 Å². The minimum absolute atomic E-state index is 0.0406. The van der Waals surface area contributed by atoms with Crippen LogP contribution < -0.4 is 10.9 Å². The van der Waals surface area contributed by atoms with Crippen molar-refractivity contribution in [1.82, 2.24) is 10.9 Å². The maximum absolute atomic E-state index is 11.6. The molecule has 1 aliphatic rings. The molecule has 1 aliphatic heterocycles. The molecule has 0 radical (unpaired) electrons. The van der Waals surface area contributed by atoms with Crippen LogP contribution in [0.1, 0.15) is 12.5 Å². The SMILES string of the molecule is CC1=CNNC(=O)C1Cc1ccccc1. The fraction of sp³-hybridized carbons (Fsp3) is 0.250. The number of hydrogen-bond acceptors (Lipinski definition) is 2. The molecule has 78 valence electrons. The zero-order valence-electron chi connectivity index (χ0n) is 8.66. The van der Waals surface area contributed by atoms with Crippen LogP contribution in [0.2, 0.25) is 0 Å². The Labute approximate surface area is 89.2 Å². The highest BCUT2D eigenvalue weighted by atomic mass is 16.2. The van der Waals surface area contributed by atoms with Crippen LogP contribution >= 0.6 is 0 Å². The van der Waals surface area contributed by atoms with Gasteiger partial charge in [0.25, 0.3) is 0 Å². The van der Waals surface area contributed by atoms with Crippen molar-refractivity contribution in [2.24, 2.45) is 5.92 Å². The van der Waals surface area contributed by atoms with Gasteiger partial charge < -0.3 is 5.43 Å². The smallest absolute Gasteiger partial charge is 0.245 e. The van der Waals surface area contributed by atoms with Gasteiger partial charge in [0, 0.05) is 6.20 Å². The standard InChI is InChI=1S/C12H14N2O/c1-9-8-13-14-12(15)11(9)7-10-5-3-2-4-6-10/h2-6,8,11,13H,7H2,1H3,(H,14,15). The summed E-state index contributed by atoms with van der Waals surface area (Å²) in [5.41, 5.74) is 7.62. The van der Waals surface area contributed by atoms with Crippen molar-refractivity contribution in [1.29, 1.82) is 0 Å². The van der Waals surface area contributed by atoms with Gasteiger partial charge in [-0.1, -0.05) is 30.3 Å². The number of benzene rings is 1. The topological polar surface area (TPSA) is 41.1 Å². The van der Waals surface area contributed by atoms with Gasteiger partial charge in [-0.15, -0.1) is 0 Å². The van der Waals surface area contributed by atoms with Gasteiger partial charge in [0.15, 0.2) is 0 Å². The summed E-state index contributed by atoms with van der Waals surface area (Å²) in [6.07, 6.45) is 2.60. The van der Waals surface area contributed by atoms with Gasteiger partial charge in [-0.25, -0.2) is 0 Å². The van der Waals surface area contributed by atoms with Crippen LogP contribution in [0.3, 0.4) is 0 Å². The van der Waals surface area contributed by atoms with E-state index in [0.29, 0.717) is 0 Å². The molecule has 0 fully saturated rings. The van der Waals surface area contributed by atoms with Gasteiger partial charge in [0.05, 0.1) is 5.92 Å². The summed E-state index contributed by atoms with van der Waals surface area (Å²) in [5.74, 6) is -0.00694. The quantitative estimate of drug-likeness (QED) is 0.760. The van der Waals surface area contributed by atoms with Crippen molar-refractivity contribution in [3.8, 4) is 0 Å². The molecule has 3 nitrogen and oxygen atoms in total. The molecule has 1 heterocycles. The molecule has 0 spiro atoms. The zero-order chi connectivity index (χ0) is 10.7. The third kappa shape index (κ3) is 2.18. The Morgan fingerprint density at radius 1 is 1.27 bits per heavy atom. The van der Waals surface area contributed by atoms with Crippen LogP contribution in [-0.2, 0) is 11.2 Å². The summed E-state index contributed by atoms with van der Waals surface area (Å²) in [5, 5.41) is 0. The highest BCUT2D eigenvalue weighted by molar-refractivity contribution is 5.82. The van der Waals surface area contributed by atoms with Crippen LogP contribution in [-0.4, -0.2) is 5.91 Å². The van der Waals surface area contributed by atoms with Gasteiger partial charge >= 0.3 is 0 Å². The molecule has 1 aromatic rings. The Morgan fingerprint density at radius 3 is 2.67 bits per heavy atom. The summed E-state index contributed by atoms with van der Waals surface area (Å²) in [6.45, 7) is 1.97. The highest BCUT2D eigenvalue weighted by Gasteiger charge is 2.23. The molecular formula is C12H14N2O. The number of rotatable bonds is 2. The van der Waals surface area contributed by atoms with E-state index in [1.54, 1.807) is 0 Å². The van der Waals surface area contributed by atoms with E-state index in [1.807, 2.05) is 43.5 Å². The van der Waals surface area contributed by atoms with E-state index in [-0.39, 0.29) is 11.8 Å². The average Bonchev–Trinajstić information content (AvgIpc) is 2.25. The summed E-state index contributed by atoms with van der Waals surface area (Å²) >= 11 is 0. The molecular weight excluding hydrogens is 188 g/mol. The van der Waals surface area contributed by atoms with Crippen molar-refractivity contribution in [3.63, 3.8) is 0 Å². The first-order chi connectivity index (χ1) is 7.27. The lowest BCUT2D eigenvalue weighted by molar-refractivity contribution is -0.125. The summed E-state index contributed by atoms with van der Waals surface area (Å²) in [6, 6.07) is 10.1. The molecule has 1 aromatic carbocycles. The van der Waals surface area contributed by atoms with E-state index < -0.39 is 0 Å². The third-order valence-electron chi connectivity index (χ3n) is 2.64. The number of hydrazine groups is 1. The van der Waals surface area contributed by atoms with Crippen molar-refractivity contribution >= 4 is 5.91 Å². The Kier molecular flexibility index (Phi) is 2.72. The fourth-order valence-corrected chi connectivity index (χ4v) is 1.72. The maximum Gasteiger partial charge on any atom is 0.245 e. The normalized spacial score (nSPS) is 20.2. The third-order valence-corrected chi connectivity index (χ3v) is 2.64. The lowest BCUT2D eigenvalue weighted by atomic mass is 9.92. The number of hydrogen-bond donors (Lipinski definition) is 2. The Hall–Kier alpha value is -1.77. The lowest BCUT2D eigenvalue weighted by Gasteiger charge is -2.22. The molecule has 0 aliphatic carbocycles. The van der Waals surface area contributed by atoms with E-state index in [4.69, 9.17) is 0 Å². The molecule has 3 heteroatoms. The predicted octanol–water partition coefficient (Wildman–Crippen LogP) is 1.38. The predicted molar refractivity (Wildman–Crippen MR) is 58.7 cm³/mol. The molecule has 0 saturated carbocycles. The summed E-state index contributed by atoms with van der Waals surface area (Å²) in [4.78, 5) is 11.6. The minimum atomic E-state index is -0.0475. The van der Waals surface area contributed by atoms with E-state index in [0.717, 1.165) is 12.0 Å². The second kappa shape index (κ2) is 4.17. The van der Waals surface area contributed by atoms with Crippen molar-refractivity contribution in [3.05, 3.63) is 47.7 Å². The van der Waals surface area contributed by atoms with Crippen molar-refractivity contribution < 1.29 is 4.79 Å². The van der Waals surface area contributed by atoms with E-state index in [1.165, 1.54) is 5.56 Å². The molecule has 15 heavy (non-hydrogen) atoms. The van der Waals surface area contributed by atoms with E-state index in [2.05, 4.69) is 10.9 Å². The molecule has 1 unspecified atom stereocenters. The average molecular weight is 202 g/mol. The number of nitrogens with one attached hydrogen (secondary N) is 2. The fourth-order valence-electron chi connectivity index (χ4n) is 1.72. The van der Waals surface area contributed by atoms with Crippen LogP contribution in [0.5, 0.6) is 0 Å². The Bertz CT molecular complexity index is 384. The Balaban J connectivity index is 2.14. The van der Waals surface area contributed by atoms with Gasteiger partial charge in [-0.3, -0.25) is 10.2 Å². The highest BCUT2D eigenvalue weighted by Crippen LogP contribution is 2.18. The molecule has 0 aromatic heterocycles. The summed E-state index contributed by atoms with van der Waals surface area (Å²) in [7, 11) is 0. The number of carbonyl (C=O) groups is 1. The summed E-state index contributed by atoms with van der Waals surface area (Å²) < 4.78 is 0. The number of amides is 1. The first-order valence-electron chi connectivity index (χ1n) is 5.03. The van der Waals surface area contributed by atoms with Gasteiger partial charge in [-0.05, 0) is 24.5 Å². The van der Waals surface area contributed by atoms with Crippen LogP contribution in [0.15, 0.2) is 42.1 Å². The van der Waals surface area contributed by atoms with Crippen LogP contribution in [0.4, 0.5) is 0 Å². The lowest BCUT2D eigenvalue weighted by Crippen LogP contribution is -2.43. The van der Waals surface area contributed by atoms with Crippen LogP contribution in [0, 0.1) is 5.92 Å². The zero-order valence-corrected chi connectivity index (χ0v) is 8.66. The second-order valence-corrected chi connectivity index (χ2v) is 3.76. The largest absolute Gasteiger partial charge is 0.306 e. The van der Waals surface area contributed by atoms with Gasteiger partial charge in [0.1, 0.15) is 0 Å². The first-order valence-corrected chi connectivity index (χ1v) is 5.03. The second-order valence-electron chi connectivity index (χ2n) is 3.76. The molecule has 1 amide bonds. The molecule has 2 N–H and O–H groups in total. The van der Waals surface area contributed by atoms with Crippen molar-refractivity contribution in [2.45, 2.75) is 13.3 Å². The molecule has 2 rings (SSSR count). The first kappa shape index (κ1) is 9.77. The Morgan fingerprint density at radius 2 is 2.00 bits per heavy atom. The molecule has 0 bridgehead atoms.